The second-order valence-corrected chi connectivity index (χ2v) is 7.71. The van der Waals surface area contributed by atoms with Gasteiger partial charge in [-0.1, -0.05) is 6.07 Å². The van der Waals surface area contributed by atoms with Crippen LogP contribution in [0.1, 0.15) is 17.9 Å². The van der Waals surface area contributed by atoms with Crippen LogP contribution in [0.5, 0.6) is 17.2 Å². The van der Waals surface area contributed by atoms with Gasteiger partial charge in [0.05, 0.1) is 7.11 Å². The largest absolute Gasteiger partial charge is 0.497 e. The van der Waals surface area contributed by atoms with Gasteiger partial charge < -0.3 is 19.0 Å². The molecular formula is C18H19NO5S. The Bertz CT molecular complexity index is 879. The smallest absolute Gasteiger partial charge is 0.339 e. The zero-order valence-corrected chi connectivity index (χ0v) is 14.6. The molecule has 25 heavy (non-hydrogen) atoms. The van der Waals surface area contributed by atoms with E-state index in [-0.39, 0.29) is 16.7 Å². The van der Waals surface area contributed by atoms with Crippen LogP contribution in [0.3, 0.4) is 0 Å². The third-order valence-corrected chi connectivity index (χ3v) is 5.90. The van der Waals surface area contributed by atoms with Gasteiger partial charge in [-0.2, -0.15) is 8.42 Å². The van der Waals surface area contributed by atoms with E-state index in [1.807, 2.05) is 6.07 Å². The molecule has 2 atom stereocenters. The number of fused-ring (bicyclic) bond motifs is 3. The fraction of sp³-hybridized carbons (Fsp3) is 0.333. The Kier molecular flexibility index (Phi) is 4.05. The van der Waals surface area contributed by atoms with Gasteiger partial charge >= 0.3 is 10.1 Å². The van der Waals surface area contributed by atoms with Crippen LogP contribution in [-0.2, 0) is 10.1 Å². The van der Waals surface area contributed by atoms with Gasteiger partial charge in [0.1, 0.15) is 28.2 Å². The number of rotatable bonds is 4. The molecule has 2 heterocycles. The van der Waals surface area contributed by atoms with Crippen molar-refractivity contribution in [2.24, 2.45) is 0 Å². The van der Waals surface area contributed by atoms with E-state index in [4.69, 9.17) is 13.7 Å². The molecule has 0 aliphatic carbocycles. The van der Waals surface area contributed by atoms with Crippen molar-refractivity contribution in [3.8, 4) is 17.2 Å². The molecule has 0 saturated carbocycles. The van der Waals surface area contributed by atoms with Gasteiger partial charge in [0, 0.05) is 24.1 Å². The van der Waals surface area contributed by atoms with Gasteiger partial charge in [-0.3, -0.25) is 0 Å². The lowest BCUT2D eigenvalue weighted by molar-refractivity contribution is 0.176. The average molecular weight is 361 g/mol. The second kappa shape index (κ2) is 6.24. The lowest BCUT2D eigenvalue weighted by Crippen LogP contribution is -2.39. The minimum Gasteiger partial charge on any atom is -0.497 e. The summed E-state index contributed by atoms with van der Waals surface area (Å²) in [5.41, 5.74) is 1.13. The molecule has 0 aromatic heterocycles. The van der Waals surface area contributed by atoms with Gasteiger partial charge in [-0.05, 0) is 43.3 Å². The zero-order valence-electron chi connectivity index (χ0n) is 13.8. The zero-order chi connectivity index (χ0) is 17.4. The summed E-state index contributed by atoms with van der Waals surface area (Å²) in [7, 11) is -2.38. The third-order valence-electron chi connectivity index (χ3n) is 4.64. The summed E-state index contributed by atoms with van der Waals surface area (Å²) in [4.78, 5) is 0.0765. The topological polar surface area (TPSA) is 73.9 Å². The standard InChI is InChI=1S/C18H19NO5S/c1-22-12-2-5-14(6-3-12)25(20,21)24-13-4-7-15-16-8-9-19-11-18(16)23-17(15)10-13/h2-7,10,16,18-19H,8-9,11H2,1H3. The van der Waals surface area contributed by atoms with Crippen molar-refractivity contribution in [2.45, 2.75) is 23.3 Å². The SMILES string of the molecule is COc1ccc(S(=O)(=O)Oc2ccc3c(c2)OC2CNCCC32)cc1. The third kappa shape index (κ3) is 3.05. The van der Waals surface area contributed by atoms with Crippen LogP contribution in [0.4, 0.5) is 0 Å². The number of ether oxygens (including phenoxy) is 2. The summed E-state index contributed by atoms with van der Waals surface area (Å²) in [5, 5.41) is 3.31. The molecule has 1 fully saturated rings. The molecule has 7 heteroatoms. The first-order valence-corrected chi connectivity index (χ1v) is 9.57. The molecule has 2 aromatic rings. The molecule has 132 valence electrons. The number of methoxy groups -OCH3 is 1. The van der Waals surface area contributed by atoms with Crippen LogP contribution in [0, 0.1) is 0 Å². The molecular weight excluding hydrogens is 342 g/mol. The Morgan fingerprint density at radius 2 is 1.88 bits per heavy atom. The minimum atomic E-state index is -3.91. The average Bonchev–Trinajstić information content (AvgIpc) is 2.99. The molecule has 0 spiro atoms. The van der Waals surface area contributed by atoms with E-state index in [9.17, 15) is 8.42 Å². The van der Waals surface area contributed by atoms with Crippen molar-refractivity contribution in [2.75, 3.05) is 20.2 Å². The lowest BCUT2D eigenvalue weighted by Gasteiger charge is -2.24. The van der Waals surface area contributed by atoms with Gasteiger partial charge in [0.25, 0.3) is 0 Å². The predicted molar refractivity (Wildman–Crippen MR) is 91.9 cm³/mol. The van der Waals surface area contributed by atoms with Gasteiger partial charge in [-0.15, -0.1) is 0 Å². The number of nitrogens with one attached hydrogen (secondary N) is 1. The fourth-order valence-electron chi connectivity index (χ4n) is 3.36. The van der Waals surface area contributed by atoms with Crippen LogP contribution in [0.25, 0.3) is 0 Å². The summed E-state index contributed by atoms with van der Waals surface area (Å²) < 4.78 is 41.1. The molecule has 4 rings (SSSR count). The van der Waals surface area contributed by atoms with Crippen molar-refractivity contribution in [1.29, 1.82) is 0 Å². The Hall–Kier alpha value is -2.25. The molecule has 0 amide bonds. The van der Waals surface area contributed by atoms with E-state index in [0.29, 0.717) is 17.4 Å². The fourth-order valence-corrected chi connectivity index (χ4v) is 4.29. The van der Waals surface area contributed by atoms with Crippen LogP contribution in [0.2, 0.25) is 0 Å². The highest BCUT2D eigenvalue weighted by Gasteiger charge is 2.36. The van der Waals surface area contributed by atoms with Crippen molar-refractivity contribution in [3.05, 3.63) is 48.0 Å². The highest BCUT2D eigenvalue weighted by Crippen LogP contribution is 2.43. The van der Waals surface area contributed by atoms with E-state index in [1.165, 1.54) is 19.2 Å². The quantitative estimate of drug-likeness (QED) is 0.843. The maximum atomic E-state index is 12.4. The summed E-state index contributed by atoms with van der Waals surface area (Å²) in [6.45, 7) is 1.77. The van der Waals surface area contributed by atoms with Crippen LogP contribution in [-0.4, -0.2) is 34.7 Å². The molecule has 0 radical (unpaired) electrons. The van der Waals surface area contributed by atoms with Crippen LogP contribution >= 0.6 is 0 Å². The second-order valence-electron chi connectivity index (χ2n) is 6.17. The van der Waals surface area contributed by atoms with Crippen molar-refractivity contribution < 1.29 is 22.1 Å². The van der Waals surface area contributed by atoms with Crippen molar-refractivity contribution >= 4 is 10.1 Å². The first-order valence-electron chi connectivity index (χ1n) is 8.17. The Morgan fingerprint density at radius 3 is 2.64 bits per heavy atom. The summed E-state index contributed by atoms with van der Waals surface area (Å²) in [6.07, 6.45) is 1.12. The summed E-state index contributed by atoms with van der Waals surface area (Å²) >= 11 is 0. The molecule has 2 aromatic carbocycles. The van der Waals surface area contributed by atoms with Crippen LogP contribution < -0.4 is 19.0 Å². The Balaban J connectivity index is 1.57. The molecule has 6 nitrogen and oxygen atoms in total. The highest BCUT2D eigenvalue weighted by molar-refractivity contribution is 7.87. The highest BCUT2D eigenvalue weighted by atomic mass is 32.2. The first-order chi connectivity index (χ1) is 12.1. The predicted octanol–water partition coefficient (Wildman–Crippen LogP) is 2.30. The number of hydrogen-bond acceptors (Lipinski definition) is 6. The number of hydrogen-bond donors (Lipinski definition) is 1. The Labute approximate surface area is 146 Å². The monoisotopic (exact) mass is 361 g/mol. The van der Waals surface area contributed by atoms with E-state index >= 15 is 0 Å². The molecule has 2 unspecified atom stereocenters. The summed E-state index contributed by atoms with van der Waals surface area (Å²) in [6, 6.07) is 11.3. The summed E-state index contributed by atoms with van der Waals surface area (Å²) in [5.74, 6) is 1.91. The number of piperidine rings is 1. The van der Waals surface area contributed by atoms with Gasteiger partial charge in [-0.25, -0.2) is 0 Å². The molecule has 1 saturated heterocycles. The maximum Gasteiger partial charge on any atom is 0.339 e. The van der Waals surface area contributed by atoms with E-state index in [0.717, 1.165) is 25.1 Å². The van der Waals surface area contributed by atoms with Crippen LogP contribution in [0.15, 0.2) is 47.4 Å². The van der Waals surface area contributed by atoms with Gasteiger partial charge in [0.2, 0.25) is 0 Å². The molecule has 2 aliphatic rings. The molecule has 1 N–H and O–H groups in total. The first kappa shape index (κ1) is 16.2. The lowest BCUT2D eigenvalue weighted by atomic mass is 9.90. The van der Waals surface area contributed by atoms with Crippen molar-refractivity contribution in [3.63, 3.8) is 0 Å². The maximum absolute atomic E-state index is 12.4. The van der Waals surface area contributed by atoms with E-state index in [2.05, 4.69) is 5.32 Å². The Morgan fingerprint density at radius 1 is 1.12 bits per heavy atom. The van der Waals surface area contributed by atoms with Crippen molar-refractivity contribution in [1.82, 2.24) is 5.32 Å². The minimum absolute atomic E-state index is 0.0765. The van der Waals surface area contributed by atoms with Gasteiger partial charge in [0.15, 0.2) is 0 Å². The molecule has 2 aliphatic heterocycles. The van der Waals surface area contributed by atoms with E-state index in [1.54, 1.807) is 24.3 Å². The molecule has 0 bridgehead atoms. The normalized spacial score (nSPS) is 21.8. The van der Waals surface area contributed by atoms with E-state index < -0.39 is 10.1 Å². The number of benzene rings is 2.